The van der Waals surface area contributed by atoms with E-state index in [4.69, 9.17) is 0 Å². The number of benzene rings is 2. The molecular weight excluding hydrogens is 376 g/mol. The molecule has 2 aromatic carbocycles. The van der Waals surface area contributed by atoms with Gasteiger partial charge in [0.1, 0.15) is 5.75 Å². The van der Waals surface area contributed by atoms with E-state index in [0.29, 0.717) is 11.1 Å². The second-order valence-electron chi connectivity index (χ2n) is 6.79. The molecule has 0 saturated carbocycles. The number of fused-ring (bicyclic) bond motifs is 1. The highest BCUT2D eigenvalue weighted by molar-refractivity contribution is 7.89. The summed E-state index contributed by atoms with van der Waals surface area (Å²) in [5.74, 6) is 0.0785. The van der Waals surface area contributed by atoms with Gasteiger partial charge in [-0.2, -0.15) is 4.31 Å². The minimum atomic E-state index is -3.82. The molecule has 0 aliphatic carbocycles. The lowest BCUT2D eigenvalue weighted by atomic mass is 9.95. The van der Waals surface area contributed by atoms with Gasteiger partial charge in [-0.1, -0.05) is 36.4 Å². The number of phenolic OH excluding ortho intramolecular Hbond substituents is 1. The van der Waals surface area contributed by atoms with Gasteiger partial charge in [0.05, 0.1) is 17.0 Å². The van der Waals surface area contributed by atoms with Gasteiger partial charge in [-0.05, 0) is 41.8 Å². The molecule has 0 fully saturated rings. The van der Waals surface area contributed by atoms with Crippen LogP contribution in [0.2, 0.25) is 0 Å². The van der Waals surface area contributed by atoms with Crippen molar-refractivity contribution in [2.45, 2.75) is 30.0 Å². The van der Waals surface area contributed by atoms with Gasteiger partial charge in [-0.25, -0.2) is 8.42 Å². The molecule has 28 heavy (non-hydrogen) atoms. The quantitative estimate of drug-likeness (QED) is 0.708. The van der Waals surface area contributed by atoms with E-state index in [1.165, 1.54) is 10.4 Å². The SMILES string of the molecule is O=S1(=O)c2ccccc2C(O)C(Cc2ccccc2O)N1Cc1ccncc1. The Balaban J connectivity index is 1.81. The number of aliphatic hydroxyl groups is 1. The smallest absolute Gasteiger partial charge is 0.244 e. The molecule has 7 heteroatoms. The predicted octanol–water partition coefficient (Wildman–Crippen LogP) is 2.64. The molecular formula is C21H20N2O4S. The van der Waals surface area contributed by atoms with Gasteiger partial charge in [0.25, 0.3) is 0 Å². The van der Waals surface area contributed by atoms with Crippen LogP contribution < -0.4 is 0 Å². The summed E-state index contributed by atoms with van der Waals surface area (Å²) in [5, 5.41) is 21.2. The van der Waals surface area contributed by atoms with E-state index in [2.05, 4.69) is 4.98 Å². The summed E-state index contributed by atoms with van der Waals surface area (Å²) < 4.78 is 28.1. The van der Waals surface area contributed by atoms with E-state index >= 15 is 0 Å². The van der Waals surface area contributed by atoms with Crippen molar-refractivity contribution in [3.05, 3.63) is 89.7 Å². The van der Waals surface area contributed by atoms with Gasteiger partial charge in [-0.3, -0.25) is 4.98 Å². The summed E-state index contributed by atoms with van der Waals surface area (Å²) in [4.78, 5) is 4.09. The van der Waals surface area contributed by atoms with Gasteiger partial charge in [0, 0.05) is 24.5 Å². The molecule has 2 atom stereocenters. The van der Waals surface area contributed by atoms with Crippen molar-refractivity contribution in [3.8, 4) is 5.75 Å². The maximum absolute atomic E-state index is 13.4. The van der Waals surface area contributed by atoms with Gasteiger partial charge in [0.15, 0.2) is 0 Å². The Morgan fingerprint density at radius 2 is 1.64 bits per heavy atom. The van der Waals surface area contributed by atoms with Crippen molar-refractivity contribution in [2.24, 2.45) is 0 Å². The maximum atomic E-state index is 13.4. The lowest BCUT2D eigenvalue weighted by Gasteiger charge is -2.39. The lowest BCUT2D eigenvalue weighted by molar-refractivity contribution is 0.0766. The Morgan fingerprint density at radius 1 is 0.964 bits per heavy atom. The van der Waals surface area contributed by atoms with E-state index < -0.39 is 22.2 Å². The van der Waals surface area contributed by atoms with E-state index in [1.54, 1.807) is 67.0 Å². The highest BCUT2D eigenvalue weighted by atomic mass is 32.2. The molecule has 0 radical (unpaired) electrons. The molecule has 0 bridgehead atoms. The number of hydrogen-bond acceptors (Lipinski definition) is 5. The van der Waals surface area contributed by atoms with Crippen LogP contribution >= 0.6 is 0 Å². The average Bonchev–Trinajstić information content (AvgIpc) is 2.71. The van der Waals surface area contributed by atoms with Crippen molar-refractivity contribution in [1.29, 1.82) is 0 Å². The number of pyridine rings is 1. The second kappa shape index (κ2) is 7.35. The van der Waals surface area contributed by atoms with Crippen molar-refractivity contribution >= 4 is 10.0 Å². The third kappa shape index (κ3) is 3.28. The normalized spacial score (nSPS) is 21.2. The van der Waals surface area contributed by atoms with Crippen LogP contribution in [0.25, 0.3) is 0 Å². The topological polar surface area (TPSA) is 90.7 Å². The molecule has 2 N–H and O–H groups in total. The van der Waals surface area contributed by atoms with E-state index in [9.17, 15) is 18.6 Å². The van der Waals surface area contributed by atoms with Gasteiger partial charge in [-0.15, -0.1) is 0 Å². The lowest BCUT2D eigenvalue weighted by Crippen LogP contribution is -2.48. The highest BCUT2D eigenvalue weighted by Gasteiger charge is 2.43. The first-order valence-electron chi connectivity index (χ1n) is 8.93. The Hall–Kier alpha value is -2.74. The van der Waals surface area contributed by atoms with Crippen LogP contribution in [0.3, 0.4) is 0 Å². The molecule has 2 heterocycles. The summed E-state index contributed by atoms with van der Waals surface area (Å²) in [6.07, 6.45) is 2.39. The average molecular weight is 396 g/mol. The third-order valence-corrected chi connectivity index (χ3v) is 7.01. The fourth-order valence-corrected chi connectivity index (χ4v) is 5.48. The van der Waals surface area contributed by atoms with Crippen molar-refractivity contribution in [2.75, 3.05) is 0 Å². The molecule has 4 rings (SSSR count). The van der Waals surface area contributed by atoms with Gasteiger partial charge in [0.2, 0.25) is 10.0 Å². The Labute approximate surface area is 163 Å². The monoisotopic (exact) mass is 396 g/mol. The summed E-state index contributed by atoms with van der Waals surface area (Å²) in [5.41, 5.74) is 1.74. The van der Waals surface area contributed by atoms with Crippen molar-refractivity contribution in [3.63, 3.8) is 0 Å². The van der Waals surface area contributed by atoms with Crippen LogP contribution in [0.5, 0.6) is 5.75 Å². The molecule has 0 amide bonds. The van der Waals surface area contributed by atoms with Crippen LogP contribution in [0.4, 0.5) is 0 Å². The number of aliphatic hydroxyl groups excluding tert-OH is 1. The zero-order valence-corrected chi connectivity index (χ0v) is 15.8. The van der Waals surface area contributed by atoms with E-state index in [-0.39, 0.29) is 23.6 Å². The first kappa shape index (κ1) is 18.6. The van der Waals surface area contributed by atoms with E-state index in [1.807, 2.05) is 0 Å². The fourth-order valence-electron chi connectivity index (χ4n) is 3.62. The Kier molecular flexibility index (Phi) is 4.89. The summed E-state index contributed by atoms with van der Waals surface area (Å²) in [7, 11) is -3.82. The number of nitrogens with zero attached hydrogens (tertiary/aromatic N) is 2. The second-order valence-corrected chi connectivity index (χ2v) is 8.65. The van der Waals surface area contributed by atoms with Crippen molar-refractivity contribution < 1.29 is 18.6 Å². The predicted molar refractivity (Wildman–Crippen MR) is 104 cm³/mol. The standard InChI is InChI=1S/C21H20N2O4S/c24-19-7-3-1-5-16(19)13-18-21(25)17-6-2-4-8-20(17)28(26,27)23(18)14-15-9-11-22-12-10-15/h1-12,18,21,24-25H,13-14H2. The molecule has 1 aliphatic rings. The first-order chi connectivity index (χ1) is 13.5. The van der Waals surface area contributed by atoms with Gasteiger partial charge < -0.3 is 10.2 Å². The summed E-state index contributed by atoms with van der Waals surface area (Å²) in [6, 6.07) is 16.0. The molecule has 0 spiro atoms. The van der Waals surface area contributed by atoms with E-state index in [0.717, 1.165) is 5.56 Å². The molecule has 6 nitrogen and oxygen atoms in total. The number of aromatic nitrogens is 1. The Morgan fingerprint density at radius 3 is 2.39 bits per heavy atom. The number of hydrogen-bond donors (Lipinski definition) is 2. The fraction of sp³-hybridized carbons (Fsp3) is 0.190. The zero-order chi connectivity index (χ0) is 19.7. The molecule has 2 unspecified atom stereocenters. The largest absolute Gasteiger partial charge is 0.508 e. The molecule has 1 aliphatic heterocycles. The highest BCUT2D eigenvalue weighted by Crippen LogP contribution is 2.39. The summed E-state index contributed by atoms with van der Waals surface area (Å²) >= 11 is 0. The van der Waals surface area contributed by atoms with Crippen LogP contribution in [-0.4, -0.2) is 34.0 Å². The van der Waals surface area contributed by atoms with Crippen LogP contribution in [-0.2, 0) is 23.0 Å². The Bertz CT molecular complexity index is 1090. The van der Waals surface area contributed by atoms with Crippen LogP contribution in [0.15, 0.2) is 78.0 Å². The number of sulfonamides is 1. The molecule has 0 saturated heterocycles. The molecule has 3 aromatic rings. The number of para-hydroxylation sites is 1. The molecule has 1 aromatic heterocycles. The number of rotatable bonds is 4. The van der Waals surface area contributed by atoms with Crippen LogP contribution in [0, 0.1) is 0 Å². The van der Waals surface area contributed by atoms with Crippen molar-refractivity contribution in [1.82, 2.24) is 9.29 Å². The summed E-state index contributed by atoms with van der Waals surface area (Å²) in [6.45, 7) is 0.106. The third-order valence-electron chi connectivity index (χ3n) is 5.07. The number of phenols is 1. The van der Waals surface area contributed by atoms with Crippen LogP contribution in [0.1, 0.15) is 22.8 Å². The minimum absolute atomic E-state index is 0.0785. The minimum Gasteiger partial charge on any atom is -0.508 e. The zero-order valence-electron chi connectivity index (χ0n) is 15.0. The first-order valence-corrected chi connectivity index (χ1v) is 10.4. The molecule has 144 valence electrons. The number of aromatic hydroxyl groups is 1. The maximum Gasteiger partial charge on any atom is 0.244 e. The van der Waals surface area contributed by atoms with Gasteiger partial charge >= 0.3 is 0 Å².